The lowest BCUT2D eigenvalue weighted by Gasteiger charge is -2.24. The second kappa shape index (κ2) is 8.12. The van der Waals surface area contributed by atoms with Crippen LogP contribution in [0.1, 0.15) is 24.1 Å². The highest BCUT2D eigenvalue weighted by Crippen LogP contribution is 2.30. The molecule has 30 heavy (non-hydrogen) atoms. The van der Waals surface area contributed by atoms with Gasteiger partial charge in [0.2, 0.25) is 0 Å². The van der Waals surface area contributed by atoms with Crippen LogP contribution in [0.5, 0.6) is 5.75 Å². The molecule has 0 aliphatic carbocycles. The van der Waals surface area contributed by atoms with E-state index in [1.165, 1.54) is 18.4 Å². The lowest BCUT2D eigenvalue weighted by Crippen LogP contribution is -2.39. The lowest BCUT2D eigenvalue weighted by atomic mass is 9.96. The summed E-state index contributed by atoms with van der Waals surface area (Å²) in [6.07, 6.45) is 1.79. The fourth-order valence-corrected chi connectivity index (χ4v) is 4.61. The maximum atomic E-state index is 13.4. The zero-order valence-electron chi connectivity index (χ0n) is 16.8. The minimum atomic E-state index is -0.602. The van der Waals surface area contributed by atoms with Gasteiger partial charge in [0, 0.05) is 5.56 Å². The van der Waals surface area contributed by atoms with Crippen molar-refractivity contribution in [2.75, 3.05) is 14.2 Å². The van der Waals surface area contributed by atoms with E-state index in [1.54, 1.807) is 24.7 Å². The summed E-state index contributed by atoms with van der Waals surface area (Å²) >= 11 is 1.29. The van der Waals surface area contributed by atoms with E-state index in [2.05, 4.69) is 4.99 Å². The first-order valence-electron chi connectivity index (χ1n) is 9.34. The molecule has 0 fully saturated rings. The minimum Gasteiger partial charge on any atom is -0.496 e. The number of esters is 1. The molecule has 0 radical (unpaired) electrons. The van der Waals surface area contributed by atoms with Crippen molar-refractivity contribution in [3.8, 4) is 5.75 Å². The second-order valence-electron chi connectivity index (χ2n) is 6.73. The van der Waals surface area contributed by atoms with Crippen LogP contribution in [0, 0.1) is 0 Å². The molecule has 1 aromatic heterocycles. The van der Waals surface area contributed by atoms with E-state index in [0.717, 1.165) is 11.1 Å². The molecule has 1 aliphatic rings. The van der Waals surface area contributed by atoms with Crippen molar-refractivity contribution in [2.45, 2.75) is 13.0 Å². The Kier molecular flexibility index (Phi) is 5.37. The summed E-state index contributed by atoms with van der Waals surface area (Å²) in [5, 5.41) is 0. The van der Waals surface area contributed by atoms with Crippen LogP contribution in [0.25, 0.3) is 6.08 Å². The third-order valence-corrected chi connectivity index (χ3v) is 5.95. The number of rotatable bonds is 4. The molecule has 0 amide bonds. The van der Waals surface area contributed by atoms with Gasteiger partial charge in [-0.1, -0.05) is 59.9 Å². The van der Waals surface area contributed by atoms with Crippen LogP contribution < -0.4 is 19.6 Å². The number of carbonyl (C=O) groups excluding carboxylic acids is 1. The Morgan fingerprint density at radius 3 is 2.50 bits per heavy atom. The fourth-order valence-electron chi connectivity index (χ4n) is 3.57. The van der Waals surface area contributed by atoms with Gasteiger partial charge in [0.1, 0.15) is 5.75 Å². The molecule has 1 atom stereocenters. The molecule has 1 unspecified atom stereocenters. The smallest absolute Gasteiger partial charge is 0.338 e. The predicted octanol–water partition coefficient (Wildman–Crippen LogP) is 2.42. The fraction of sp³-hybridized carbons (Fsp3) is 0.174. The van der Waals surface area contributed by atoms with Crippen molar-refractivity contribution in [3.63, 3.8) is 0 Å². The van der Waals surface area contributed by atoms with Crippen molar-refractivity contribution in [1.82, 2.24) is 4.57 Å². The minimum absolute atomic E-state index is 0.215. The molecule has 2 heterocycles. The van der Waals surface area contributed by atoms with E-state index in [-0.39, 0.29) is 5.56 Å². The molecule has 0 bridgehead atoms. The Balaban J connectivity index is 1.99. The van der Waals surface area contributed by atoms with Crippen LogP contribution in [0.2, 0.25) is 0 Å². The summed E-state index contributed by atoms with van der Waals surface area (Å²) in [6.45, 7) is 1.76. The van der Waals surface area contributed by atoms with Crippen molar-refractivity contribution >= 4 is 23.4 Å². The van der Waals surface area contributed by atoms with Gasteiger partial charge in [-0.05, 0) is 24.6 Å². The van der Waals surface area contributed by atoms with Gasteiger partial charge < -0.3 is 9.47 Å². The highest BCUT2D eigenvalue weighted by Gasteiger charge is 2.32. The van der Waals surface area contributed by atoms with Gasteiger partial charge in [-0.25, -0.2) is 9.79 Å². The second-order valence-corrected chi connectivity index (χ2v) is 7.74. The molecule has 1 aliphatic heterocycles. The molecule has 0 saturated heterocycles. The van der Waals surface area contributed by atoms with E-state index in [0.29, 0.717) is 26.4 Å². The highest BCUT2D eigenvalue weighted by atomic mass is 32.1. The standard InChI is InChI=1S/C23H20N2O4S/c1-14-19(22(27)29-3)20(15-9-5-4-6-10-15)25-21(26)18(30-23(25)24-14)13-16-11-7-8-12-17(16)28-2/h4-13,20H,1-3H3/b18-13-. The van der Waals surface area contributed by atoms with Gasteiger partial charge in [-0.3, -0.25) is 9.36 Å². The van der Waals surface area contributed by atoms with Gasteiger partial charge >= 0.3 is 5.97 Å². The van der Waals surface area contributed by atoms with Crippen LogP contribution in [0.3, 0.4) is 0 Å². The monoisotopic (exact) mass is 420 g/mol. The number of hydrogen-bond donors (Lipinski definition) is 0. The highest BCUT2D eigenvalue weighted by molar-refractivity contribution is 7.07. The molecule has 4 rings (SSSR count). The van der Waals surface area contributed by atoms with Crippen molar-refractivity contribution < 1.29 is 14.3 Å². The molecule has 0 spiro atoms. The summed E-state index contributed by atoms with van der Waals surface area (Å²) in [6, 6.07) is 16.3. The third-order valence-electron chi connectivity index (χ3n) is 4.97. The number of ether oxygens (including phenoxy) is 2. The van der Waals surface area contributed by atoms with E-state index in [9.17, 15) is 9.59 Å². The number of benzene rings is 2. The Morgan fingerprint density at radius 1 is 1.10 bits per heavy atom. The molecule has 2 aromatic carbocycles. The number of nitrogens with zero attached hydrogens (tertiary/aromatic N) is 2. The zero-order chi connectivity index (χ0) is 21.3. The first-order valence-corrected chi connectivity index (χ1v) is 10.2. The molecule has 6 nitrogen and oxygen atoms in total. The largest absolute Gasteiger partial charge is 0.496 e. The lowest BCUT2D eigenvalue weighted by molar-refractivity contribution is -0.136. The summed E-state index contributed by atoms with van der Waals surface area (Å²) in [5.41, 5.74) is 2.30. The van der Waals surface area contributed by atoms with Gasteiger partial charge in [-0.2, -0.15) is 0 Å². The molecule has 152 valence electrons. The van der Waals surface area contributed by atoms with Crippen molar-refractivity contribution in [2.24, 2.45) is 4.99 Å². The quantitative estimate of drug-likeness (QED) is 0.608. The normalized spacial score (nSPS) is 16.1. The summed E-state index contributed by atoms with van der Waals surface area (Å²) in [4.78, 5) is 31.1. The SMILES string of the molecule is COC(=O)C1=C(C)N=c2s/c(=C\c3ccccc3OC)c(=O)n2C1c1ccccc1. The number of allylic oxidation sites excluding steroid dienone is 1. The van der Waals surface area contributed by atoms with Gasteiger partial charge in [0.05, 0.1) is 36.1 Å². The average Bonchev–Trinajstić information content (AvgIpc) is 3.07. The first-order chi connectivity index (χ1) is 14.5. The van der Waals surface area contributed by atoms with E-state index >= 15 is 0 Å². The van der Waals surface area contributed by atoms with Crippen LogP contribution in [0.4, 0.5) is 0 Å². The summed E-state index contributed by atoms with van der Waals surface area (Å²) in [7, 11) is 2.92. The number of aromatic nitrogens is 1. The van der Waals surface area contributed by atoms with Gasteiger partial charge in [0.15, 0.2) is 4.80 Å². The molecular weight excluding hydrogens is 400 g/mol. The number of fused-ring (bicyclic) bond motifs is 1. The molecular formula is C23H20N2O4S. The van der Waals surface area contributed by atoms with Gasteiger partial charge in [0.25, 0.3) is 5.56 Å². The third kappa shape index (κ3) is 3.37. The van der Waals surface area contributed by atoms with Crippen molar-refractivity contribution in [3.05, 3.63) is 96.7 Å². The van der Waals surface area contributed by atoms with E-state index < -0.39 is 12.0 Å². The topological polar surface area (TPSA) is 69.9 Å². The molecule has 0 N–H and O–H groups in total. The maximum Gasteiger partial charge on any atom is 0.338 e. The first kappa shape index (κ1) is 19.8. The van der Waals surface area contributed by atoms with Crippen LogP contribution >= 0.6 is 11.3 Å². The zero-order valence-corrected chi connectivity index (χ0v) is 17.6. The Labute approximate surface area is 177 Å². The number of para-hydroxylation sites is 1. The maximum absolute atomic E-state index is 13.4. The van der Waals surface area contributed by atoms with Crippen LogP contribution in [-0.4, -0.2) is 24.8 Å². The number of carbonyl (C=O) groups is 1. The Hall–Kier alpha value is -3.45. The van der Waals surface area contributed by atoms with Crippen LogP contribution in [-0.2, 0) is 9.53 Å². The van der Waals surface area contributed by atoms with Crippen LogP contribution in [0.15, 0.2) is 75.7 Å². The van der Waals surface area contributed by atoms with Gasteiger partial charge in [-0.15, -0.1) is 0 Å². The number of thiazole rings is 1. The number of hydrogen-bond acceptors (Lipinski definition) is 6. The average molecular weight is 420 g/mol. The van der Waals surface area contributed by atoms with E-state index in [4.69, 9.17) is 9.47 Å². The Bertz CT molecular complexity index is 1320. The summed E-state index contributed by atoms with van der Waals surface area (Å²) < 4.78 is 12.5. The molecule has 3 aromatic rings. The van der Waals surface area contributed by atoms with Crippen molar-refractivity contribution in [1.29, 1.82) is 0 Å². The Morgan fingerprint density at radius 2 is 1.80 bits per heavy atom. The van der Waals surface area contributed by atoms with E-state index in [1.807, 2.05) is 54.6 Å². The predicted molar refractivity (Wildman–Crippen MR) is 115 cm³/mol. The molecule has 7 heteroatoms. The number of methoxy groups -OCH3 is 2. The summed E-state index contributed by atoms with van der Waals surface area (Å²) in [5.74, 6) is 0.179. The molecule has 0 saturated carbocycles.